The Labute approximate surface area is 194 Å². The molecule has 2 fully saturated rings. The number of piperidine rings is 1. The van der Waals surface area contributed by atoms with Crippen LogP contribution in [0, 0.1) is 5.92 Å². The fraction of sp³-hybridized carbons (Fsp3) is 0.360. The lowest BCUT2D eigenvalue weighted by atomic mass is 9.97. The molecule has 0 saturated carbocycles. The molecule has 0 aliphatic carbocycles. The van der Waals surface area contributed by atoms with Gasteiger partial charge in [-0.25, -0.2) is 13.4 Å². The lowest BCUT2D eigenvalue weighted by Gasteiger charge is -2.33. The van der Waals surface area contributed by atoms with Crippen molar-refractivity contribution < 1.29 is 13.2 Å². The minimum Gasteiger partial charge on any atom is -0.356 e. The van der Waals surface area contributed by atoms with Crippen LogP contribution in [0.4, 0.5) is 11.5 Å². The predicted molar refractivity (Wildman–Crippen MR) is 130 cm³/mol. The monoisotopic (exact) mass is 464 g/mol. The number of amides is 1. The second-order valence-electron chi connectivity index (χ2n) is 8.78. The molecule has 8 heteroatoms. The Hall–Kier alpha value is -2.97. The fourth-order valence-electron chi connectivity index (χ4n) is 4.67. The number of nitrogens with zero attached hydrogens (tertiary/aromatic N) is 3. The molecule has 3 aromatic rings. The van der Waals surface area contributed by atoms with Gasteiger partial charge in [0.15, 0.2) is 0 Å². The lowest BCUT2D eigenvalue weighted by Crippen LogP contribution is -2.41. The molecule has 5 rings (SSSR count). The highest BCUT2D eigenvalue weighted by Gasteiger charge is 2.28. The molecule has 7 nitrogen and oxygen atoms in total. The average molecular weight is 465 g/mol. The third kappa shape index (κ3) is 4.58. The van der Waals surface area contributed by atoms with Crippen LogP contribution in [0.2, 0.25) is 0 Å². The number of fused-ring (bicyclic) bond motifs is 1. The third-order valence-electron chi connectivity index (χ3n) is 6.51. The number of carbonyl (C=O) groups is 1. The Morgan fingerprint density at radius 3 is 2.52 bits per heavy atom. The summed E-state index contributed by atoms with van der Waals surface area (Å²) in [6.45, 7) is 2.63. The van der Waals surface area contributed by atoms with E-state index in [9.17, 15) is 13.2 Å². The summed E-state index contributed by atoms with van der Waals surface area (Å²) in [6.07, 6.45) is 3.59. The summed E-state index contributed by atoms with van der Waals surface area (Å²) < 4.78 is 27.3. The van der Waals surface area contributed by atoms with Gasteiger partial charge >= 0.3 is 0 Å². The second-order valence-corrected chi connectivity index (χ2v) is 10.7. The summed E-state index contributed by atoms with van der Waals surface area (Å²) in [5.74, 6) is 0.739. The zero-order valence-corrected chi connectivity index (χ0v) is 19.3. The van der Waals surface area contributed by atoms with E-state index in [1.165, 1.54) is 0 Å². The topological polar surface area (TPSA) is 82.6 Å². The van der Waals surface area contributed by atoms with Crippen LogP contribution >= 0.6 is 0 Å². The summed E-state index contributed by atoms with van der Waals surface area (Å²) in [5, 5.41) is 3.81. The van der Waals surface area contributed by atoms with Gasteiger partial charge in [-0.2, -0.15) is 4.31 Å². The van der Waals surface area contributed by atoms with E-state index in [4.69, 9.17) is 4.98 Å². The van der Waals surface area contributed by atoms with Crippen molar-refractivity contribution in [3.63, 3.8) is 0 Å². The van der Waals surface area contributed by atoms with Crippen LogP contribution in [0.15, 0.2) is 65.6 Å². The van der Waals surface area contributed by atoms with E-state index in [-0.39, 0.29) is 11.8 Å². The van der Waals surface area contributed by atoms with Crippen molar-refractivity contribution >= 4 is 38.3 Å². The van der Waals surface area contributed by atoms with Gasteiger partial charge in [0.05, 0.1) is 16.3 Å². The Bertz CT molecular complexity index is 1260. The van der Waals surface area contributed by atoms with Gasteiger partial charge in [0.1, 0.15) is 5.82 Å². The van der Waals surface area contributed by atoms with Gasteiger partial charge in [-0.15, -0.1) is 0 Å². The fourth-order valence-corrected chi connectivity index (χ4v) is 6.23. The quantitative estimate of drug-likeness (QED) is 0.620. The first-order chi connectivity index (χ1) is 16.0. The molecule has 172 valence electrons. The molecule has 1 amide bonds. The smallest absolute Gasteiger partial charge is 0.243 e. The number of nitrogens with one attached hydrogen (secondary N) is 1. The van der Waals surface area contributed by atoms with E-state index in [0.29, 0.717) is 24.5 Å². The number of sulfonamides is 1. The van der Waals surface area contributed by atoms with Gasteiger partial charge in [0.2, 0.25) is 15.9 Å². The number of aromatic nitrogens is 1. The molecule has 0 radical (unpaired) electrons. The van der Waals surface area contributed by atoms with Crippen LogP contribution in [0.5, 0.6) is 0 Å². The normalized spacial score (nSPS) is 19.6. The number of hydrogen-bond donors (Lipinski definition) is 1. The average Bonchev–Trinajstić information content (AvgIpc) is 3.40. The molecular weight excluding hydrogens is 436 g/mol. The van der Waals surface area contributed by atoms with Crippen molar-refractivity contribution in [1.82, 2.24) is 9.29 Å². The third-order valence-corrected chi connectivity index (χ3v) is 8.40. The van der Waals surface area contributed by atoms with E-state index >= 15 is 0 Å². The van der Waals surface area contributed by atoms with E-state index in [1.54, 1.807) is 22.5 Å². The van der Waals surface area contributed by atoms with Crippen molar-refractivity contribution in [2.24, 2.45) is 5.92 Å². The van der Waals surface area contributed by atoms with Crippen molar-refractivity contribution in [3.8, 4) is 0 Å². The molecule has 2 aromatic carbocycles. The van der Waals surface area contributed by atoms with E-state index in [0.717, 1.165) is 54.6 Å². The summed E-state index contributed by atoms with van der Waals surface area (Å²) in [6, 6.07) is 18.5. The highest BCUT2D eigenvalue weighted by atomic mass is 32.2. The van der Waals surface area contributed by atoms with Crippen LogP contribution in [0.3, 0.4) is 0 Å². The Morgan fingerprint density at radius 2 is 1.73 bits per heavy atom. The number of carbonyl (C=O) groups excluding carboxylic acids is 1. The van der Waals surface area contributed by atoms with Crippen LogP contribution in [-0.2, 0) is 14.8 Å². The van der Waals surface area contributed by atoms with E-state index < -0.39 is 10.0 Å². The first kappa shape index (κ1) is 21.9. The summed E-state index contributed by atoms with van der Waals surface area (Å²) in [7, 11) is -3.45. The standard InChI is InChI=1S/C25H28N4O3S/c30-25(26-21-8-2-1-3-9-21)20-7-6-14-28(18-20)24-13-10-19-17-22(11-12-23(19)27-24)33(31,32)29-15-4-5-16-29/h1-3,8-13,17,20H,4-7,14-16,18H2,(H,26,30)/t20-/m1/s1. The van der Waals surface area contributed by atoms with Gasteiger partial charge in [-0.3, -0.25) is 4.79 Å². The SMILES string of the molecule is O=C(Nc1ccccc1)[C@@H]1CCCN(c2ccc3cc(S(=O)(=O)N4CCCC4)ccc3n2)C1. The molecule has 33 heavy (non-hydrogen) atoms. The Morgan fingerprint density at radius 1 is 0.939 bits per heavy atom. The largest absolute Gasteiger partial charge is 0.356 e. The number of benzene rings is 2. The van der Waals surface area contributed by atoms with Crippen molar-refractivity contribution in [2.75, 3.05) is 36.4 Å². The molecule has 1 N–H and O–H groups in total. The van der Waals surface area contributed by atoms with Gasteiger partial charge in [-0.05, 0) is 68.1 Å². The minimum atomic E-state index is -3.45. The van der Waals surface area contributed by atoms with Crippen LogP contribution in [0.1, 0.15) is 25.7 Å². The molecule has 1 atom stereocenters. The maximum Gasteiger partial charge on any atom is 0.243 e. The molecule has 1 aromatic heterocycles. The van der Waals surface area contributed by atoms with Crippen molar-refractivity contribution in [3.05, 3.63) is 60.7 Å². The van der Waals surface area contributed by atoms with Crippen LogP contribution in [-0.4, -0.2) is 49.8 Å². The number of anilines is 2. The predicted octanol–water partition coefficient (Wildman–Crippen LogP) is 3.87. The molecule has 2 aliphatic rings. The van der Waals surface area contributed by atoms with Gasteiger partial charge in [-0.1, -0.05) is 18.2 Å². The minimum absolute atomic E-state index is 0.0310. The molecule has 0 unspecified atom stereocenters. The first-order valence-electron chi connectivity index (χ1n) is 11.5. The molecular formula is C25H28N4O3S. The van der Waals surface area contributed by atoms with Gasteiger partial charge < -0.3 is 10.2 Å². The highest BCUT2D eigenvalue weighted by molar-refractivity contribution is 7.89. The molecule has 2 saturated heterocycles. The highest BCUT2D eigenvalue weighted by Crippen LogP contribution is 2.28. The van der Waals surface area contributed by atoms with Crippen molar-refractivity contribution in [1.29, 1.82) is 0 Å². The first-order valence-corrected chi connectivity index (χ1v) is 13.0. The number of para-hydroxylation sites is 1. The maximum atomic E-state index is 12.9. The number of hydrogen-bond acceptors (Lipinski definition) is 5. The summed E-state index contributed by atoms with van der Waals surface area (Å²) >= 11 is 0. The molecule has 3 heterocycles. The van der Waals surface area contributed by atoms with Crippen LogP contribution < -0.4 is 10.2 Å². The second kappa shape index (κ2) is 9.11. The van der Waals surface area contributed by atoms with Gasteiger partial charge in [0, 0.05) is 37.3 Å². The number of pyridine rings is 1. The van der Waals surface area contributed by atoms with E-state index in [1.807, 2.05) is 42.5 Å². The Balaban J connectivity index is 1.32. The molecule has 0 bridgehead atoms. The van der Waals surface area contributed by atoms with Crippen molar-refractivity contribution in [2.45, 2.75) is 30.6 Å². The summed E-state index contributed by atoms with van der Waals surface area (Å²) in [4.78, 5) is 20.0. The maximum absolute atomic E-state index is 12.9. The Kier molecular flexibility index (Phi) is 6.03. The molecule has 2 aliphatic heterocycles. The zero-order chi connectivity index (χ0) is 22.8. The van der Waals surface area contributed by atoms with E-state index in [2.05, 4.69) is 10.2 Å². The van der Waals surface area contributed by atoms with Crippen LogP contribution in [0.25, 0.3) is 10.9 Å². The molecule has 0 spiro atoms. The number of rotatable bonds is 5. The summed E-state index contributed by atoms with van der Waals surface area (Å²) in [5.41, 5.74) is 1.56. The zero-order valence-electron chi connectivity index (χ0n) is 18.5. The van der Waals surface area contributed by atoms with Gasteiger partial charge in [0.25, 0.3) is 0 Å². The lowest BCUT2D eigenvalue weighted by molar-refractivity contribution is -0.120.